The minimum absolute atomic E-state index is 0.915. The summed E-state index contributed by atoms with van der Waals surface area (Å²) in [5.74, 6) is 1.96. The van der Waals surface area contributed by atoms with E-state index in [1.807, 2.05) is 12.3 Å². The van der Waals surface area contributed by atoms with Crippen LogP contribution in [0, 0.1) is 5.92 Å². The molecule has 0 spiro atoms. The molecule has 1 saturated carbocycles. The molecular formula is C15H25N3. The summed E-state index contributed by atoms with van der Waals surface area (Å²) < 4.78 is 0. The molecule has 3 heteroatoms. The van der Waals surface area contributed by atoms with Crippen molar-refractivity contribution in [3.8, 4) is 0 Å². The average molecular weight is 247 g/mol. The lowest BCUT2D eigenvalue weighted by atomic mass is 10.0. The topological polar surface area (TPSA) is 37.0 Å². The number of rotatable bonds is 7. The van der Waals surface area contributed by atoms with Gasteiger partial charge in [0.05, 0.1) is 0 Å². The predicted molar refractivity (Wildman–Crippen MR) is 78.1 cm³/mol. The van der Waals surface area contributed by atoms with Crippen molar-refractivity contribution in [3.05, 3.63) is 18.3 Å². The molecule has 0 aromatic carbocycles. The molecule has 1 heterocycles. The van der Waals surface area contributed by atoms with Crippen molar-refractivity contribution >= 4 is 11.5 Å². The molecule has 2 N–H and O–H groups in total. The van der Waals surface area contributed by atoms with Crippen LogP contribution in [-0.4, -0.2) is 18.1 Å². The molecule has 100 valence electrons. The van der Waals surface area contributed by atoms with Crippen molar-refractivity contribution in [2.45, 2.75) is 45.4 Å². The minimum atomic E-state index is 0.915. The van der Waals surface area contributed by atoms with E-state index in [-0.39, 0.29) is 0 Å². The van der Waals surface area contributed by atoms with Crippen LogP contribution in [-0.2, 0) is 0 Å². The van der Waals surface area contributed by atoms with E-state index < -0.39 is 0 Å². The van der Waals surface area contributed by atoms with Crippen LogP contribution in [0.1, 0.15) is 45.4 Å². The van der Waals surface area contributed by atoms with E-state index in [0.717, 1.165) is 24.8 Å². The number of nitrogens with zero attached hydrogens (tertiary/aromatic N) is 1. The molecule has 2 rings (SSSR count). The van der Waals surface area contributed by atoms with Crippen LogP contribution in [0.3, 0.4) is 0 Å². The molecule has 1 aliphatic rings. The summed E-state index contributed by atoms with van der Waals surface area (Å²) in [5, 5.41) is 6.72. The first-order valence-electron chi connectivity index (χ1n) is 7.32. The summed E-state index contributed by atoms with van der Waals surface area (Å²) in [6, 6.07) is 4.12. The van der Waals surface area contributed by atoms with Gasteiger partial charge in [0.2, 0.25) is 0 Å². The third-order valence-corrected chi connectivity index (χ3v) is 3.71. The highest BCUT2D eigenvalue weighted by Gasteiger charge is 2.13. The van der Waals surface area contributed by atoms with E-state index in [1.165, 1.54) is 44.2 Å². The molecular weight excluding hydrogens is 222 g/mol. The Balaban J connectivity index is 1.67. The van der Waals surface area contributed by atoms with Crippen LogP contribution >= 0.6 is 0 Å². The maximum Gasteiger partial charge on any atom is 0.127 e. The molecule has 18 heavy (non-hydrogen) atoms. The Morgan fingerprint density at radius 2 is 2.11 bits per heavy atom. The van der Waals surface area contributed by atoms with Crippen LogP contribution < -0.4 is 10.6 Å². The molecule has 1 aromatic heterocycles. The molecule has 0 saturated heterocycles. The highest BCUT2D eigenvalue weighted by Crippen LogP contribution is 2.28. The van der Waals surface area contributed by atoms with Gasteiger partial charge in [0, 0.05) is 31.0 Å². The Kier molecular flexibility index (Phi) is 5.31. The molecule has 0 unspecified atom stereocenters. The van der Waals surface area contributed by atoms with E-state index in [9.17, 15) is 0 Å². The standard InChI is InChI=1S/C15H25N3/c1-2-16-15-12-14(9-11-18-15)17-10-5-8-13-6-3-4-7-13/h9,11-13H,2-8,10H2,1H3,(H2,16,17,18). The first-order valence-corrected chi connectivity index (χ1v) is 7.32. The zero-order valence-corrected chi connectivity index (χ0v) is 11.4. The summed E-state index contributed by atoms with van der Waals surface area (Å²) in [6.07, 6.45) is 10.3. The van der Waals surface area contributed by atoms with E-state index in [1.54, 1.807) is 0 Å². The maximum absolute atomic E-state index is 4.27. The lowest BCUT2D eigenvalue weighted by molar-refractivity contribution is 0.491. The van der Waals surface area contributed by atoms with Gasteiger partial charge in [-0.3, -0.25) is 0 Å². The van der Waals surface area contributed by atoms with Gasteiger partial charge in [-0.2, -0.15) is 0 Å². The molecule has 1 aromatic rings. The van der Waals surface area contributed by atoms with Gasteiger partial charge in [0.25, 0.3) is 0 Å². The summed E-state index contributed by atoms with van der Waals surface area (Å²) in [7, 11) is 0. The van der Waals surface area contributed by atoms with Crippen LogP contribution in [0.5, 0.6) is 0 Å². The van der Waals surface area contributed by atoms with Crippen molar-refractivity contribution in [2.75, 3.05) is 23.7 Å². The highest BCUT2D eigenvalue weighted by molar-refractivity contribution is 5.51. The first kappa shape index (κ1) is 13.2. The Labute approximate surface area is 110 Å². The average Bonchev–Trinajstić information content (AvgIpc) is 2.89. The van der Waals surface area contributed by atoms with Crippen molar-refractivity contribution in [1.29, 1.82) is 0 Å². The molecule has 0 aliphatic heterocycles. The maximum atomic E-state index is 4.27. The van der Waals surface area contributed by atoms with Gasteiger partial charge in [-0.25, -0.2) is 4.98 Å². The fourth-order valence-corrected chi connectivity index (χ4v) is 2.74. The summed E-state index contributed by atoms with van der Waals surface area (Å²) in [6.45, 7) is 4.08. The van der Waals surface area contributed by atoms with Gasteiger partial charge in [0.15, 0.2) is 0 Å². The third-order valence-electron chi connectivity index (χ3n) is 3.71. The highest BCUT2D eigenvalue weighted by atomic mass is 15.0. The van der Waals surface area contributed by atoms with Crippen molar-refractivity contribution in [3.63, 3.8) is 0 Å². The Bertz CT molecular complexity index is 345. The van der Waals surface area contributed by atoms with E-state index in [0.29, 0.717) is 0 Å². The van der Waals surface area contributed by atoms with Gasteiger partial charge < -0.3 is 10.6 Å². The predicted octanol–water partition coefficient (Wildman–Crippen LogP) is 3.90. The fourth-order valence-electron chi connectivity index (χ4n) is 2.74. The number of nitrogens with one attached hydrogen (secondary N) is 2. The lowest BCUT2D eigenvalue weighted by Gasteiger charge is -2.11. The van der Waals surface area contributed by atoms with Gasteiger partial charge in [-0.1, -0.05) is 25.7 Å². The van der Waals surface area contributed by atoms with Crippen LogP contribution in [0.2, 0.25) is 0 Å². The quantitative estimate of drug-likeness (QED) is 0.718. The largest absolute Gasteiger partial charge is 0.385 e. The fraction of sp³-hybridized carbons (Fsp3) is 0.667. The monoisotopic (exact) mass is 247 g/mol. The molecule has 0 radical (unpaired) electrons. The zero-order chi connectivity index (χ0) is 12.6. The van der Waals surface area contributed by atoms with E-state index in [2.05, 4.69) is 28.6 Å². The Morgan fingerprint density at radius 1 is 1.28 bits per heavy atom. The second-order valence-electron chi connectivity index (χ2n) is 5.18. The second kappa shape index (κ2) is 7.24. The van der Waals surface area contributed by atoms with Gasteiger partial charge in [-0.15, -0.1) is 0 Å². The van der Waals surface area contributed by atoms with Crippen LogP contribution in [0.4, 0.5) is 11.5 Å². The number of hydrogen-bond acceptors (Lipinski definition) is 3. The number of aromatic nitrogens is 1. The molecule has 1 fully saturated rings. The van der Waals surface area contributed by atoms with Crippen molar-refractivity contribution in [2.24, 2.45) is 5.92 Å². The lowest BCUT2D eigenvalue weighted by Crippen LogP contribution is -2.05. The first-order chi connectivity index (χ1) is 8.88. The van der Waals surface area contributed by atoms with Gasteiger partial charge >= 0.3 is 0 Å². The van der Waals surface area contributed by atoms with Crippen LogP contribution in [0.15, 0.2) is 18.3 Å². The molecule has 0 atom stereocenters. The van der Waals surface area contributed by atoms with Crippen molar-refractivity contribution < 1.29 is 0 Å². The van der Waals surface area contributed by atoms with Gasteiger partial charge in [-0.05, 0) is 31.7 Å². The smallest absolute Gasteiger partial charge is 0.127 e. The number of anilines is 2. The third kappa shape index (κ3) is 4.21. The Morgan fingerprint density at radius 3 is 2.89 bits per heavy atom. The number of pyridine rings is 1. The summed E-state index contributed by atoms with van der Waals surface area (Å²) >= 11 is 0. The summed E-state index contributed by atoms with van der Waals surface area (Å²) in [5.41, 5.74) is 1.17. The second-order valence-corrected chi connectivity index (χ2v) is 5.18. The molecule has 3 nitrogen and oxygen atoms in total. The summed E-state index contributed by atoms with van der Waals surface area (Å²) in [4.78, 5) is 4.27. The molecule has 1 aliphatic carbocycles. The zero-order valence-electron chi connectivity index (χ0n) is 11.4. The SMILES string of the molecule is CCNc1cc(NCCCC2CCCC2)ccn1. The number of hydrogen-bond donors (Lipinski definition) is 2. The normalized spacial score (nSPS) is 15.8. The van der Waals surface area contributed by atoms with Crippen LogP contribution in [0.25, 0.3) is 0 Å². The van der Waals surface area contributed by atoms with Crippen molar-refractivity contribution in [1.82, 2.24) is 4.98 Å². The van der Waals surface area contributed by atoms with Gasteiger partial charge in [0.1, 0.15) is 5.82 Å². The Hall–Kier alpha value is -1.25. The van der Waals surface area contributed by atoms with E-state index in [4.69, 9.17) is 0 Å². The van der Waals surface area contributed by atoms with E-state index >= 15 is 0 Å². The molecule has 0 amide bonds. The minimum Gasteiger partial charge on any atom is -0.385 e. The molecule has 0 bridgehead atoms.